The third-order valence-corrected chi connectivity index (χ3v) is 7.87. The Labute approximate surface area is 236 Å². The van der Waals surface area contributed by atoms with E-state index >= 15 is 0 Å². The van der Waals surface area contributed by atoms with Crippen LogP contribution in [0.3, 0.4) is 0 Å². The molecular formula is C35H62O3. The fraction of sp³-hybridized carbons (Fsp3) is 0.800. The van der Waals surface area contributed by atoms with Gasteiger partial charge in [0.2, 0.25) is 0 Å². The number of benzene rings is 1. The predicted octanol–water partition coefficient (Wildman–Crippen LogP) is 11.9. The van der Waals surface area contributed by atoms with E-state index in [1.807, 2.05) is 6.07 Å². The second-order valence-electron chi connectivity index (χ2n) is 11.5. The second kappa shape index (κ2) is 27.1. The first kappa shape index (κ1) is 34.5. The number of ether oxygens (including phenoxy) is 1. The third-order valence-electron chi connectivity index (χ3n) is 7.87. The number of hydrogen-bond donors (Lipinski definition) is 1. The lowest BCUT2D eigenvalue weighted by atomic mass is 10.0. The van der Waals surface area contributed by atoms with Gasteiger partial charge in [-0.05, 0) is 18.6 Å². The van der Waals surface area contributed by atoms with Crippen LogP contribution in [-0.2, 0) is 0 Å². The van der Waals surface area contributed by atoms with Crippen molar-refractivity contribution in [3.8, 4) is 5.75 Å². The van der Waals surface area contributed by atoms with E-state index in [1.54, 1.807) is 18.2 Å². The Morgan fingerprint density at radius 3 is 1.18 bits per heavy atom. The van der Waals surface area contributed by atoms with Gasteiger partial charge in [-0.3, -0.25) is 0 Å². The molecule has 0 aliphatic heterocycles. The predicted molar refractivity (Wildman–Crippen MR) is 165 cm³/mol. The van der Waals surface area contributed by atoms with E-state index in [4.69, 9.17) is 4.74 Å². The molecule has 0 saturated carbocycles. The molecule has 0 saturated heterocycles. The van der Waals surface area contributed by atoms with Crippen LogP contribution in [0.25, 0.3) is 0 Å². The highest BCUT2D eigenvalue weighted by molar-refractivity contribution is 5.90. The van der Waals surface area contributed by atoms with Gasteiger partial charge in [-0.2, -0.15) is 0 Å². The van der Waals surface area contributed by atoms with E-state index in [0.29, 0.717) is 12.4 Å². The van der Waals surface area contributed by atoms with Crippen LogP contribution < -0.4 is 4.74 Å². The fourth-order valence-corrected chi connectivity index (χ4v) is 5.37. The number of hydrogen-bond acceptors (Lipinski definition) is 2. The number of unbranched alkanes of at least 4 members (excludes halogenated alkanes) is 25. The summed E-state index contributed by atoms with van der Waals surface area (Å²) in [5.74, 6) is -0.440. The molecule has 1 rings (SSSR count). The number of para-hydroxylation sites is 1. The molecule has 0 unspecified atom stereocenters. The average molecular weight is 531 g/mol. The number of rotatable bonds is 29. The lowest BCUT2D eigenvalue weighted by Crippen LogP contribution is -2.04. The monoisotopic (exact) mass is 530 g/mol. The van der Waals surface area contributed by atoms with Crippen molar-refractivity contribution < 1.29 is 14.6 Å². The molecule has 0 aromatic heterocycles. The molecule has 1 aromatic carbocycles. The van der Waals surface area contributed by atoms with E-state index in [1.165, 1.54) is 154 Å². The van der Waals surface area contributed by atoms with Gasteiger partial charge in [0.15, 0.2) is 0 Å². The van der Waals surface area contributed by atoms with E-state index < -0.39 is 5.97 Å². The second-order valence-corrected chi connectivity index (χ2v) is 11.5. The van der Waals surface area contributed by atoms with Crippen molar-refractivity contribution in [2.24, 2.45) is 0 Å². The quantitative estimate of drug-likeness (QED) is 0.105. The van der Waals surface area contributed by atoms with Gasteiger partial charge in [-0.1, -0.05) is 180 Å². The Morgan fingerprint density at radius 1 is 0.526 bits per heavy atom. The van der Waals surface area contributed by atoms with Crippen LogP contribution >= 0.6 is 0 Å². The van der Waals surface area contributed by atoms with Crippen molar-refractivity contribution in [3.05, 3.63) is 29.8 Å². The number of aromatic carboxylic acids is 1. The molecule has 0 radical (unpaired) electrons. The molecule has 3 heteroatoms. The van der Waals surface area contributed by atoms with Gasteiger partial charge in [0.1, 0.15) is 11.3 Å². The summed E-state index contributed by atoms with van der Waals surface area (Å²) < 4.78 is 5.67. The molecule has 220 valence electrons. The van der Waals surface area contributed by atoms with Gasteiger partial charge >= 0.3 is 5.97 Å². The topological polar surface area (TPSA) is 46.5 Å². The lowest BCUT2D eigenvalue weighted by molar-refractivity contribution is 0.0692. The Balaban J connectivity index is 1.71. The van der Waals surface area contributed by atoms with E-state index in [0.717, 1.165) is 12.8 Å². The zero-order chi connectivity index (χ0) is 27.4. The van der Waals surface area contributed by atoms with Gasteiger partial charge in [0.25, 0.3) is 0 Å². The molecule has 0 heterocycles. The summed E-state index contributed by atoms with van der Waals surface area (Å²) >= 11 is 0. The molecule has 0 bridgehead atoms. The van der Waals surface area contributed by atoms with Crippen molar-refractivity contribution in [3.63, 3.8) is 0 Å². The minimum absolute atomic E-state index is 0.252. The number of carbonyl (C=O) groups is 1. The van der Waals surface area contributed by atoms with Crippen molar-refractivity contribution in [2.45, 2.75) is 174 Å². The normalized spacial score (nSPS) is 11.2. The van der Waals surface area contributed by atoms with Gasteiger partial charge in [-0.25, -0.2) is 4.79 Å². The fourth-order valence-electron chi connectivity index (χ4n) is 5.37. The Kier molecular flexibility index (Phi) is 24.6. The molecule has 0 atom stereocenters. The van der Waals surface area contributed by atoms with Crippen molar-refractivity contribution in [2.75, 3.05) is 6.61 Å². The molecular weight excluding hydrogens is 468 g/mol. The minimum atomic E-state index is -0.925. The first-order valence-electron chi connectivity index (χ1n) is 16.7. The molecule has 0 fully saturated rings. The summed E-state index contributed by atoms with van der Waals surface area (Å²) in [5.41, 5.74) is 0.252. The van der Waals surface area contributed by atoms with Crippen LogP contribution in [0, 0.1) is 0 Å². The summed E-state index contributed by atoms with van der Waals surface area (Å²) in [6.07, 6.45) is 36.3. The standard InChI is InChI=1S/C35H62O3/c1-2-3-4-5-6-7-8-9-10-11-12-13-14-15-16-17-18-19-20-21-22-23-24-25-26-29-32-38-34-31-28-27-30-33(34)35(36)37/h27-28,30-31H,2-26,29,32H2,1H3,(H,36,37). The first-order chi connectivity index (χ1) is 18.8. The Bertz CT molecular complexity index is 642. The maximum Gasteiger partial charge on any atom is 0.339 e. The van der Waals surface area contributed by atoms with Gasteiger partial charge < -0.3 is 9.84 Å². The highest BCUT2D eigenvalue weighted by Gasteiger charge is 2.09. The van der Waals surface area contributed by atoms with Crippen molar-refractivity contribution >= 4 is 5.97 Å². The Morgan fingerprint density at radius 2 is 0.842 bits per heavy atom. The summed E-state index contributed by atoms with van der Waals surface area (Å²) in [6.45, 7) is 2.90. The van der Waals surface area contributed by atoms with E-state index in [2.05, 4.69) is 6.92 Å². The summed E-state index contributed by atoms with van der Waals surface area (Å²) in [5, 5.41) is 9.19. The summed E-state index contributed by atoms with van der Waals surface area (Å²) in [4.78, 5) is 11.2. The van der Waals surface area contributed by atoms with Crippen LogP contribution in [0.1, 0.15) is 184 Å². The van der Waals surface area contributed by atoms with Crippen LogP contribution in [0.2, 0.25) is 0 Å². The smallest absolute Gasteiger partial charge is 0.339 e. The maximum absolute atomic E-state index is 11.2. The molecule has 0 amide bonds. The maximum atomic E-state index is 11.2. The summed E-state index contributed by atoms with van der Waals surface area (Å²) in [6, 6.07) is 6.89. The molecule has 1 N–H and O–H groups in total. The molecule has 1 aromatic rings. The van der Waals surface area contributed by atoms with E-state index in [-0.39, 0.29) is 5.56 Å². The molecule has 38 heavy (non-hydrogen) atoms. The van der Waals surface area contributed by atoms with Crippen LogP contribution in [0.5, 0.6) is 5.75 Å². The lowest BCUT2D eigenvalue weighted by Gasteiger charge is -2.08. The van der Waals surface area contributed by atoms with Crippen LogP contribution in [0.15, 0.2) is 24.3 Å². The first-order valence-corrected chi connectivity index (χ1v) is 16.7. The van der Waals surface area contributed by atoms with Gasteiger partial charge in [0, 0.05) is 0 Å². The highest BCUT2D eigenvalue weighted by atomic mass is 16.5. The van der Waals surface area contributed by atoms with Crippen molar-refractivity contribution in [1.29, 1.82) is 0 Å². The Hall–Kier alpha value is -1.51. The third kappa shape index (κ3) is 21.4. The average Bonchev–Trinajstić information content (AvgIpc) is 2.92. The zero-order valence-corrected chi connectivity index (χ0v) is 25.2. The van der Waals surface area contributed by atoms with Crippen molar-refractivity contribution in [1.82, 2.24) is 0 Å². The molecule has 0 spiro atoms. The van der Waals surface area contributed by atoms with Crippen LogP contribution in [-0.4, -0.2) is 17.7 Å². The highest BCUT2D eigenvalue weighted by Crippen LogP contribution is 2.19. The largest absolute Gasteiger partial charge is 0.493 e. The molecule has 3 nitrogen and oxygen atoms in total. The minimum Gasteiger partial charge on any atom is -0.493 e. The van der Waals surface area contributed by atoms with Gasteiger partial charge in [-0.15, -0.1) is 0 Å². The number of carboxylic acids is 1. The molecule has 0 aliphatic rings. The number of carboxylic acid groups (broad SMARTS) is 1. The summed E-state index contributed by atoms with van der Waals surface area (Å²) in [7, 11) is 0. The van der Waals surface area contributed by atoms with E-state index in [9.17, 15) is 9.90 Å². The van der Waals surface area contributed by atoms with Gasteiger partial charge in [0.05, 0.1) is 6.61 Å². The van der Waals surface area contributed by atoms with Crippen LogP contribution in [0.4, 0.5) is 0 Å². The molecule has 0 aliphatic carbocycles. The SMILES string of the molecule is CCCCCCCCCCCCCCCCCCCCCCCCCCCCOc1ccccc1C(=O)O. The zero-order valence-electron chi connectivity index (χ0n) is 25.2.